The van der Waals surface area contributed by atoms with Gasteiger partial charge in [0.05, 0.1) is 27.9 Å². The fraction of sp³-hybridized carbons (Fsp3) is 0.227. The van der Waals surface area contributed by atoms with Crippen molar-refractivity contribution in [2.24, 2.45) is 0 Å². The third kappa shape index (κ3) is 6.18. The number of ether oxygens (including phenoxy) is 3. The number of nitrogens with one attached hydrogen (secondary N) is 1. The Bertz CT molecular complexity index is 1220. The highest BCUT2D eigenvalue weighted by atomic mass is 32.2. The molecule has 0 amide bonds. The van der Waals surface area contributed by atoms with Crippen LogP contribution in [0.5, 0.6) is 11.5 Å². The Morgan fingerprint density at radius 3 is 2.42 bits per heavy atom. The van der Waals surface area contributed by atoms with Crippen molar-refractivity contribution in [3.63, 3.8) is 0 Å². The Morgan fingerprint density at radius 1 is 1.09 bits per heavy atom. The summed E-state index contributed by atoms with van der Waals surface area (Å²) in [5, 5.41) is 4.06. The molecule has 0 unspecified atom stereocenters. The van der Waals surface area contributed by atoms with Crippen LogP contribution in [0.2, 0.25) is 0 Å². The van der Waals surface area contributed by atoms with Gasteiger partial charge in [0.25, 0.3) is 0 Å². The predicted octanol–water partition coefficient (Wildman–Crippen LogP) is 2.01. The van der Waals surface area contributed by atoms with E-state index < -0.39 is 16.0 Å². The van der Waals surface area contributed by atoms with Gasteiger partial charge in [-0.25, -0.2) is 27.6 Å². The van der Waals surface area contributed by atoms with E-state index in [9.17, 15) is 13.2 Å². The van der Waals surface area contributed by atoms with Crippen LogP contribution in [0.1, 0.15) is 16.7 Å². The third-order valence-corrected chi connectivity index (χ3v) is 6.08. The summed E-state index contributed by atoms with van der Waals surface area (Å²) in [5.41, 5.74) is 2.20. The standard InChI is InChI=1S/C22H24N4O6S/c1-30-19-10-18(8-9-21(27)31-2)11-20(22(19)32-3)33(28,29)25-12-16-4-6-17(7-5-16)13-26-15-23-14-24-26/h4-11,14-15,25H,12-13H2,1-3H3/b9-8+. The lowest BCUT2D eigenvalue weighted by Gasteiger charge is -2.15. The molecule has 0 spiro atoms. The average Bonchev–Trinajstić information content (AvgIpc) is 3.34. The molecule has 11 heteroatoms. The lowest BCUT2D eigenvalue weighted by molar-refractivity contribution is -0.134. The fourth-order valence-corrected chi connectivity index (χ4v) is 4.23. The van der Waals surface area contributed by atoms with Gasteiger partial charge in [-0.3, -0.25) is 0 Å². The Labute approximate surface area is 191 Å². The number of hydrogen-bond donors (Lipinski definition) is 1. The highest BCUT2D eigenvalue weighted by molar-refractivity contribution is 7.89. The molecule has 0 aliphatic rings. The number of benzene rings is 2. The van der Waals surface area contributed by atoms with Crippen LogP contribution in [0.15, 0.2) is 60.0 Å². The molecule has 3 rings (SSSR count). The first-order valence-electron chi connectivity index (χ1n) is 9.78. The highest BCUT2D eigenvalue weighted by Gasteiger charge is 2.23. The van der Waals surface area contributed by atoms with E-state index in [1.54, 1.807) is 17.1 Å². The summed E-state index contributed by atoms with van der Waals surface area (Å²) in [6, 6.07) is 10.4. The van der Waals surface area contributed by atoms with Crippen LogP contribution in [0.25, 0.3) is 6.08 Å². The SMILES string of the molecule is COC(=O)/C=C/c1cc(OC)c(OC)c(S(=O)(=O)NCc2ccc(Cn3cncn3)cc2)c1. The van der Waals surface area contributed by atoms with Crippen LogP contribution in [0, 0.1) is 0 Å². The number of rotatable bonds is 10. The van der Waals surface area contributed by atoms with Crippen LogP contribution in [0.4, 0.5) is 0 Å². The van der Waals surface area contributed by atoms with E-state index in [0.717, 1.165) is 11.1 Å². The Morgan fingerprint density at radius 2 is 1.82 bits per heavy atom. The summed E-state index contributed by atoms with van der Waals surface area (Å²) >= 11 is 0. The van der Waals surface area contributed by atoms with Crippen LogP contribution >= 0.6 is 0 Å². The van der Waals surface area contributed by atoms with Gasteiger partial charge in [0.15, 0.2) is 11.5 Å². The molecule has 33 heavy (non-hydrogen) atoms. The predicted molar refractivity (Wildman–Crippen MR) is 120 cm³/mol. The maximum Gasteiger partial charge on any atom is 0.330 e. The molecule has 1 N–H and O–H groups in total. The maximum atomic E-state index is 13.1. The zero-order valence-electron chi connectivity index (χ0n) is 18.4. The first-order chi connectivity index (χ1) is 15.9. The summed E-state index contributed by atoms with van der Waals surface area (Å²) in [6.45, 7) is 0.633. The third-order valence-electron chi connectivity index (χ3n) is 4.67. The smallest absolute Gasteiger partial charge is 0.330 e. The summed E-state index contributed by atoms with van der Waals surface area (Å²) in [6.07, 6.45) is 5.71. The van der Waals surface area contributed by atoms with Gasteiger partial charge < -0.3 is 14.2 Å². The van der Waals surface area contributed by atoms with E-state index >= 15 is 0 Å². The number of aromatic nitrogens is 3. The molecule has 0 saturated heterocycles. The van der Waals surface area contributed by atoms with Crippen molar-refractivity contribution in [3.05, 3.63) is 71.8 Å². The van der Waals surface area contributed by atoms with Crippen LogP contribution in [-0.4, -0.2) is 50.5 Å². The maximum absolute atomic E-state index is 13.1. The fourth-order valence-electron chi connectivity index (χ4n) is 3.00. The van der Waals surface area contributed by atoms with E-state index in [1.165, 1.54) is 45.9 Å². The zero-order valence-corrected chi connectivity index (χ0v) is 19.2. The minimum atomic E-state index is -3.98. The monoisotopic (exact) mass is 472 g/mol. The first kappa shape index (κ1) is 24.0. The number of nitrogens with zero attached hydrogens (tertiary/aromatic N) is 3. The van der Waals surface area contributed by atoms with Crippen LogP contribution in [0.3, 0.4) is 0 Å². The second kappa shape index (κ2) is 10.7. The summed E-state index contributed by atoms with van der Waals surface area (Å²) in [4.78, 5) is 15.2. The molecule has 3 aromatic rings. The average molecular weight is 473 g/mol. The lowest BCUT2D eigenvalue weighted by Crippen LogP contribution is -2.24. The molecule has 0 aliphatic carbocycles. The van der Waals surface area contributed by atoms with Gasteiger partial charge in [0.2, 0.25) is 10.0 Å². The van der Waals surface area contributed by atoms with E-state index in [0.29, 0.717) is 12.1 Å². The summed E-state index contributed by atoms with van der Waals surface area (Å²) < 4.78 is 45.6. The van der Waals surface area contributed by atoms with Crippen molar-refractivity contribution >= 4 is 22.1 Å². The zero-order chi connectivity index (χ0) is 23.8. The highest BCUT2D eigenvalue weighted by Crippen LogP contribution is 2.36. The van der Waals surface area contributed by atoms with Crippen molar-refractivity contribution < 1.29 is 27.4 Å². The molecule has 2 aromatic carbocycles. The number of hydrogen-bond acceptors (Lipinski definition) is 8. The summed E-state index contributed by atoms with van der Waals surface area (Å²) in [7, 11) is 0.0282. The van der Waals surface area contributed by atoms with Gasteiger partial charge in [0.1, 0.15) is 17.6 Å². The molecule has 174 valence electrons. The summed E-state index contributed by atoms with van der Waals surface area (Å²) in [5.74, 6) is -0.301. The van der Waals surface area contributed by atoms with Gasteiger partial charge >= 0.3 is 5.97 Å². The Hall–Kier alpha value is -3.70. The van der Waals surface area contributed by atoms with Crippen molar-refractivity contribution in [1.82, 2.24) is 19.5 Å². The van der Waals surface area contributed by atoms with E-state index in [4.69, 9.17) is 9.47 Å². The van der Waals surface area contributed by atoms with Gasteiger partial charge in [-0.2, -0.15) is 5.10 Å². The molecule has 0 bridgehead atoms. The second-order valence-electron chi connectivity index (χ2n) is 6.85. The topological polar surface area (TPSA) is 122 Å². The van der Waals surface area contributed by atoms with Crippen LogP contribution < -0.4 is 14.2 Å². The van der Waals surface area contributed by atoms with Gasteiger partial charge in [-0.15, -0.1) is 0 Å². The normalized spacial score (nSPS) is 11.5. The molecule has 1 heterocycles. The molecule has 0 radical (unpaired) electrons. The molecule has 0 atom stereocenters. The van der Waals surface area contributed by atoms with Gasteiger partial charge in [0, 0.05) is 12.6 Å². The number of carbonyl (C=O) groups excluding carboxylic acids is 1. The second-order valence-corrected chi connectivity index (χ2v) is 8.58. The number of methoxy groups -OCH3 is 3. The lowest BCUT2D eigenvalue weighted by atomic mass is 10.1. The molecular weight excluding hydrogens is 448 g/mol. The van der Waals surface area contributed by atoms with E-state index in [2.05, 4.69) is 19.5 Å². The first-order valence-corrected chi connectivity index (χ1v) is 11.3. The molecule has 1 aromatic heterocycles. The molecular formula is C22H24N4O6S. The Kier molecular flexibility index (Phi) is 7.80. The van der Waals surface area contributed by atoms with Gasteiger partial charge in [-0.1, -0.05) is 24.3 Å². The van der Waals surface area contributed by atoms with Gasteiger partial charge in [-0.05, 0) is 34.9 Å². The van der Waals surface area contributed by atoms with Crippen molar-refractivity contribution in [2.75, 3.05) is 21.3 Å². The number of sulfonamides is 1. The van der Waals surface area contributed by atoms with E-state index in [1.807, 2.05) is 24.3 Å². The minimum Gasteiger partial charge on any atom is -0.493 e. The molecule has 0 fully saturated rings. The van der Waals surface area contributed by atoms with E-state index in [-0.39, 0.29) is 22.9 Å². The Balaban J connectivity index is 1.80. The number of carbonyl (C=O) groups is 1. The van der Waals surface area contributed by atoms with Crippen molar-refractivity contribution in [1.29, 1.82) is 0 Å². The molecule has 0 saturated carbocycles. The molecule has 0 aliphatic heterocycles. The van der Waals surface area contributed by atoms with Crippen molar-refractivity contribution in [2.45, 2.75) is 18.0 Å². The van der Waals surface area contributed by atoms with Crippen molar-refractivity contribution in [3.8, 4) is 11.5 Å². The quantitative estimate of drug-likeness (QED) is 0.351. The number of esters is 1. The largest absolute Gasteiger partial charge is 0.493 e. The molecule has 10 nitrogen and oxygen atoms in total. The minimum absolute atomic E-state index is 0.0587. The van der Waals surface area contributed by atoms with Crippen LogP contribution in [-0.2, 0) is 32.6 Å².